The predicted octanol–water partition coefficient (Wildman–Crippen LogP) is 0.968. The van der Waals surface area contributed by atoms with E-state index in [-0.39, 0.29) is 0 Å². The first-order chi connectivity index (χ1) is 5.81. The van der Waals surface area contributed by atoms with Gasteiger partial charge in [0, 0.05) is 18.5 Å². The molecule has 0 N–H and O–H groups in total. The maximum atomic E-state index is 8.50. The van der Waals surface area contributed by atoms with Crippen LogP contribution in [0.1, 0.15) is 5.69 Å². The number of nitrogens with zero attached hydrogens (tertiary/aromatic N) is 4. The van der Waals surface area contributed by atoms with Crippen LogP contribution >= 0.6 is 0 Å². The molecule has 0 amide bonds. The lowest BCUT2D eigenvalue weighted by Gasteiger charge is -1.91. The Morgan fingerprint density at radius 2 is 2.42 bits per heavy atom. The number of aromatic nitrogens is 3. The quantitative estimate of drug-likeness (QED) is 0.624. The SMILES string of the molecule is Cc1cc2n(CC#N)ccn2n1. The van der Waals surface area contributed by atoms with Crippen molar-refractivity contribution in [1.82, 2.24) is 14.2 Å². The average molecular weight is 160 g/mol. The van der Waals surface area contributed by atoms with Crippen molar-refractivity contribution in [2.75, 3.05) is 0 Å². The minimum absolute atomic E-state index is 0.377. The summed E-state index contributed by atoms with van der Waals surface area (Å²) < 4.78 is 3.63. The van der Waals surface area contributed by atoms with E-state index in [4.69, 9.17) is 5.26 Å². The third-order valence-electron chi connectivity index (χ3n) is 1.76. The van der Waals surface area contributed by atoms with Gasteiger partial charge in [0.05, 0.1) is 11.8 Å². The minimum atomic E-state index is 0.377. The Hall–Kier alpha value is -1.76. The van der Waals surface area contributed by atoms with Crippen LogP contribution in [0.2, 0.25) is 0 Å². The first kappa shape index (κ1) is 6.92. The van der Waals surface area contributed by atoms with Crippen LogP contribution in [0.15, 0.2) is 18.5 Å². The van der Waals surface area contributed by atoms with E-state index in [1.54, 1.807) is 4.52 Å². The van der Waals surface area contributed by atoms with Crippen molar-refractivity contribution in [3.8, 4) is 6.07 Å². The van der Waals surface area contributed by atoms with Gasteiger partial charge in [-0.2, -0.15) is 10.4 Å². The highest BCUT2D eigenvalue weighted by Crippen LogP contribution is 2.06. The molecule has 2 aromatic heterocycles. The van der Waals surface area contributed by atoms with Gasteiger partial charge in [0.25, 0.3) is 0 Å². The highest BCUT2D eigenvalue weighted by atomic mass is 15.3. The second kappa shape index (κ2) is 2.38. The molecule has 2 rings (SSSR count). The Kier molecular flexibility index (Phi) is 1.37. The third kappa shape index (κ3) is 0.873. The van der Waals surface area contributed by atoms with E-state index in [2.05, 4.69) is 11.2 Å². The zero-order chi connectivity index (χ0) is 8.55. The molecule has 2 heterocycles. The summed E-state index contributed by atoms with van der Waals surface area (Å²) in [5.74, 6) is 0. The molecule has 4 nitrogen and oxygen atoms in total. The maximum absolute atomic E-state index is 8.50. The Bertz CT molecular complexity index is 443. The molecule has 60 valence electrons. The molecule has 12 heavy (non-hydrogen) atoms. The number of hydrogen-bond donors (Lipinski definition) is 0. The number of hydrogen-bond acceptors (Lipinski definition) is 2. The normalized spacial score (nSPS) is 10.3. The zero-order valence-electron chi connectivity index (χ0n) is 6.73. The summed E-state index contributed by atoms with van der Waals surface area (Å²) in [6.45, 7) is 2.31. The van der Waals surface area contributed by atoms with Crippen LogP contribution in [-0.4, -0.2) is 14.2 Å². The van der Waals surface area contributed by atoms with E-state index in [0.717, 1.165) is 11.3 Å². The lowest BCUT2D eigenvalue weighted by atomic mass is 10.5. The summed E-state index contributed by atoms with van der Waals surface area (Å²) in [5, 5.41) is 12.7. The van der Waals surface area contributed by atoms with Gasteiger partial charge in [0.2, 0.25) is 0 Å². The van der Waals surface area contributed by atoms with E-state index >= 15 is 0 Å². The molecule has 0 bridgehead atoms. The number of rotatable bonds is 1. The third-order valence-corrected chi connectivity index (χ3v) is 1.76. The molecule has 4 heteroatoms. The molecule has 0 saturated heterocycles. The van der Waals surface area contributed by atoms with Gasteiger partial charge in [0.15, 0.2) is 0 Å². The standard InChI is InChI=1S/C8H8N4/c1-7-6-8-11(3-2-9)4-5-12(8)10-7/h4-6H,3H2,1H3. The van der Waals surface area contributed by atoms with Crippen LogP contribution in [-0.2, 0) is 6.54 Å². The molecule has 0 spiro atoms. The fraction of sp³-hybridized carbons (Fsp3) is 0.250. The molecule has 0 aliphatic carbocycles. The van der Waals surface area contributed by atoms with Crippen molar-refractivity contribution >= 4 is 5.65 Å². The van der Waals surface area contributed by atoms with Gasteiger partial charge >= 0.3 is 0 Å². The van der Waals surface area contributed by atoms with E-state index in [1.165, 1.54) is 0 Å². The number of fused-ring (bicyclic) bond motifs is 1. The summed E-state index contributed by atoms with van der Waals surface area (Å²) >= 11 is 0. The summed E-state index contributed by atoms with van der Waals surface area (Å²) in [7, 11) is 0. The summed E-state index contributed by atoms with van der Waals surface area (Å²) in [5.41, 5.74) is 1.94. The lowest BCUT2D eigenvalue weighted by molar-refractivity contribution is 0.858. The van der Waals surface area contributed by atoms with Crippen molar-refractivity contribution in [2.45, 2.75) is 13.5 Å². The van der Waals surface area contributed by atoms with Crippen LogP contribution in [0.25, 0.3) is 5.65 Å². The van der Waals surface area contributed by atoms with E-state index in [9.17, 15) is 0 Å². The molecule has 0 aromatic carbocycles. The van der Waals surface area contributed by atoms with Crippen molar-refractivity contribution in [1.29, 1.82) is 5.26 Å². The maximum Gasteiger partial charge on any atom is 0.136 e. The van der Waals surface area contributed by atoms with E-state index < -0.39 is 0 Å². The highest BCUT2D eigenvalue weighted by Gasteiger charge is 2.01. The second-order valence-corrected chi connectivity index (χ2v) is 2.67. The molecule has 2 aromatic rings. The molecule has 0 atom stereocenters. The summed E-state index contributed by atoms with van der Waals surface area (Å²) in [4.78, 5) is 0. The van der Waals surface area contributed by atoms with Crippen molar-refractivity contribution in [2.24, 2.45) is 0 Å². The first-order valence-electron chi connectivity index (χ1n) is 3.69. The Morgan fingerprint density at radius 3 is 3.17 bits per heavy atom. The minimum Gasteiger partial charge on any atom is -0.318 e. The predicted molar refractivity (Wildman–Crippen MR) is 43.5 cm³/mol. The Balaban J connectivity index is 2.62. The molecule has 0 aliphatic heterocycles. The van der Waals surface area contributed by atoms with E-state index in [1.807, 2.05) is 30.0 Å². The highest BCUT2D eigenvalue weighted by molar-refractivity contribution is 5.41. The smallest absolute Gasteiger partial charge is 0.136 e. The average Bonchev–Trinajstić information content (AvgIpc) is 2.52. The Morgan fingerprint density at radius 1 is 1.58 bits per heavy atom. The fourth-order valence-electron chi connectivity index (χ4n) is 1.26. The molecular weight excluding hydrogens is 152 g/mol. The molecule has 0 aliphatic rings. The largest absolute Gasteiger partial charge is 0.318 e. The molecule has 0 unspecified atom stereocenters. The van der Waals surface area contributed by atoms with Crippen molar-refractivity contribution in [3.05, 3.63) is 24.2 Å². The molecule has 0 fully saturated rings. The first-order valence-corrected chi connectivity index (χ1v) is 3.69. The van der Waals surface area contributed by atoms with Crippen molar-refractivity contribution < 1.29 is 0 Å². The second-order valence-electron chi connectivity index (χ2n) is 2.67. The number of nitriles is 1. The number of imidazole rings is 1. The monoisotopic (exact) mass is 160 g/mol. The van der Waals surface area contributed by atoms with Gasteiger partial charge in [-0.3, -0.25) is 0 Å². The van der Waals surface area contributed by atoms with Gasteiger partial charge in [0.1, 0.15) is 12.2 Å². The van der Waals surface area contributed by atoms with Gasteiger partial charge in [-0.15, -0.1) is 0 Å². The van der Waals surface area contributed by atoms with E-state index in [0.29, 0.717) is 6.54 Å². The summed E-state index contributed by atoms with van der Waals surface area (Å²) in [6.07, 6.45) is 3.70. The zero-order valence-corrected chi connectivity index (χ0v) is 6.73. The topological polar surface area (TPSA) is 46.0 Å². The van der Waals surface area contributed by atoms with Gasteiger partial charge in [-0.1, -0.05) is 0 Å². The van der Waals surface area contributed by atoms with Crippen molar-refractivity contribution in [3.63, 3.8) is 0 Å². The van der Waals surface area contributed by atoms with Crippen LogP contribution in [0, 0.1) is 18.3 Å². The van der Waals surface area contributed by atoms with Crippen LogP contribution in [0.3, 0.4) is 0 Å². The van der Waals surface area contributed by atoms with Crippen LogP contribution in [0.5, 0.6) is 0 Å². The summed E-state index contributed by atoms with van der Waals surface area (Å²) in [6, 6.07) is 4.05. The molecule has 0 radical (unpaired) electrons. The van der Waals surface area contributed by atoms with Gasteiger partial charge in [-0.25, -0.2) is 4.52 Å². The Labute approximate surface area is 69.6 Å². The molecule has 0 saturated carbocycles. The molecular formula is C8H8N4. The van der Waals surface area contributed by atoms with Gasteiger partial charge in [-0.05, 0) is 6.92 Å². The van der Waals surface area contributed by atoms with Gasteiger partial charge < -0.3 is 4.57 Å². The number of aryl methyl sites for hydroxylation is 1. The van der Waals surface area contributed by atoms with Crippen LogP contribution in [0.4, 0.5) is 0 Å². The fourth-order valence-corrected chi connectivity index (χ4v) is 1.26. The van der Waals surface area contributed by atoms with Crippen LogP contribution < -0.4 is 0 Å². The lowest BCUT2D eigenvalue weighted by Crippen LogP contribution is -1.92.